The molecule has 1 N–H and O–H groups in total. The number of nitrogens with zero attached hydrogens (tertiary/aromatic N) is 2. The maximum atomic E-state index is 13.3. The molecule has 4 nitrogen and oxygen atoms in total. The van der Waals surface area contributed by atoms with E-state index in [-0.39, 0.29) is 15.6 Å². The molecule has 4 aliphatic rings. The molecule has 1 aromatic carbocycles. The third-order valence-electron chi connectivity index (χ3n) is 6.93. The zero-order valence-electron chi connectivity index (χ0n) is 15.3. The van der Waals surface area contributed by atoms with E-state index in [1.807, 2.05) is 18.2 Å². The molecule has 0 saturated heterocycles. The van der Waals surface area contributed by atoms with Gasteiger partial charge in [0.2, 0.25) is 5.91 Å². The summed E-state index contributed by atoms with van der Waals surface area (Å²) >= 11 is 4.01. The minimum Gasteiger partial charge on any atom is -0.348 e. The Labute approximate surface area is 162 Å². The fourth-order valence-corrected chi connectivity index (χ4v) is 7.83. The van der Waals surface area contributed by atoms with Gasteiger partial charge < -0.3 is 9.88 Å². The first-order valence-electron chi connectivity index (χ1n) is 9.92. The lowest BCUT2D eigenvalue weighted by Gasteiger charge is -2.59. The number of hydrogen-bond donors (Lipinski definition) is 1. The Balaban J connectivity index is 1.37. The number of aryl methyl sites for hydroxylation is 1. The molecule has 1 aromatic heterocycles. The highest BCUT2D eigenvalue weighted by atomic mass is 79.9. The van der Waals surface area contributed by atoms with Crippen molar-refractivity contribution in [1.82, 2.24) is 14.9 Å². The van der Waals surface area contributed by atoms with Crippen LogP contribution in [0.15, 0.2) is 24.3 Å². The van der Waals surface area contributed by atoms with Crippen LogP contribution in [0.2, 0.25) is 0 Å². The average molecular weight is 416 g/mol. The number of benzene rings is 1. The molecule has 1 amide bonds. The van der Waals surface area contributed by atoms with Gasteiger partial charge in [0.25, 0.3) is 0 Å². The Bertz CT molecular complexity index is 859. The molecule has 1 heterocycles. The number of carbonyl (C=O) groups excluding carboxylic acids is 1. The molecule has 0 spiro atoms. The Morgan fingerprint density at radius 2 is 2.00 bits per heavy atom. The summed E-state index contributed by atoms with van der Waals surface area (Å²) in [6.07, 6.45) is 6.99. The maximum absolute atomic E-state index is 13.3. The second-order valence-corrected chi connectivity index (χ2v) is 10.5. The first kappa shape index (κ1) is 16.8. The molecule has 2 aromatic rings. The predicted molar refractivity (Wildman–Crippen MR) is 106 cm³/mol. The molecule has 4 saturated carbocycles. The highest BCUT2D eigenvalue weighted by molar-refractivity contribution is 9.10. The van der Waals surface area contributed by atoms with Crippen LogP contribution in [0.4, 0.5) is 0 Å². The van der Waals surface area contributed by atoms with E-state index in [9.17, 15) is 4.79 Å². The van der Waals surface area contributed by atoms with E-state index in [2.05, 4.69) is 38.8 Å². The summed E-state index contributed by atoms with van der Waals surface area (Å²) in [6.45, 7) is 3.52. The normalized spacial score (nSPS) is 35.2. The number of carbonyl (C=O) groups is 1. The number of rotatable bonds is 4. The van der Waals surface area contributed by atoms with E-state index in [1.165, 1.54) is 19.3 Å². The number of amides is 1. The van der Waals surface area contributed by atoms with Crippen LogP contribution in [0.5, 0.6) is 0 Å². The number of aromatic nitrogens is 2. The second kappa shape index (κ2) is 5.82. The van der Waals surface area contributed by atoms with Crippen LogP contribution in [0.3, 0.4) is 0 Å². The first-order chi connectivity index (χ1) is 12.5. The van der Waals surface area contributed by atoms with Crippen LogP contribution in [0, 0.1) is 17.3 Å². The van der Waals surface area contributed by atoms with Gasteiger partial charge in [0.05, 0.1) is 23.0 Å². The molecule has 5 heteroatoms. The van der Waals surface area contributed by atoms with Gasteiger partial charge in [0.1, 0.15) is 5.82 Å². The van der Waals surface area contributed by atoms with Crippen molar-refractivity contribution in [3.63, 3.8) is 0 Å². The molecule has 0 radical (unpaired) electrons. The van der Waals surface area contributed by atoms with Gasteiger partial charge in [-0.05, 0) is 69.4 Å². The summed E-state index contributed by atoms with van der Waals surface area (Å²) in [5.74, 6) is 2.66. The van der Waals surface area contributed by atoms with Crippen molar-refractivity contribution in [2.75, 3.05) is 0 Å². The third kappa shape index (κ3) is 2.54. The SMILES string of the molecule is CCn1c(CNC(=O)C23CC4CC(CC(Br)(C4)C2)C3)nc2ccccc21. The lowest BCUT2D eigenvalue weighted by molar-refractivity contribution is -0.144. The lowest BCUT2D eigenvalue weighted by Crippen LogP contribution is -2.58. The summed E-state index contributed by atoms with van der Waals surface area (Å²) in [5.41, 5.74) is 2.00. The van der Waals surface area contributed by atoms with Gasteiger partial charge in [-0.25, -0.2) is 4.98 Å². The Kier molecular flexibility index (Phi) is 3.76. The zero-order chi connectivity index (χ0) is 17.9. The summed E-state index contributed by atoms with van der Waals surface area (Å²) in [6, 6.07) is 8.21. The number of hydrogen-bond acceptors (Lipinski definition) is 2. The van der Waals surface area contributed by atoms with Crippen molar-refractivity contribution in [1.29, 1.82) is 0 Å². The highest BCUT2D eigenvalue weighted by Gasteiger charge is 2.59. The summed E-state index contributed by atoms with van der Waals surface area (Å²) in [5, 5.41) is 3.27. The Morgan fingerprint density at radius 1 is 1.27 bits per heavy atom. The van der Waals surface area contributed by atoms with Crippen molar-refractivity contribution >= 4 is 32.9 Å². The van der Waals surface area contributed by atoms with E-state index < -0.39 is 0 Å². The van der Waals surface area contributed by atoms with Crippen LogP contribution in [-0.4, -0.2) is 19.8 Å². The molecule has 4 bridgehead atoms. The zero-order valence-corrected chi connectivity index (χ0v) is 16.9. The van der Waals surface area contributed by atoms with Crippen molar-refractivity contribution in [3.8, 4) is 0 Å². The molecule has 26 heavy (non-hydrogen) atoms. The van der Waals surface area contributed by atoms with Crippen molar-refractivity contribution in [2.24, 2.45) is 17.3 Å². The van der Waals surface area contributed by atoms with E-state index in [4.69, 9.17) is 4.98 Å². The van der Waals surface area contributed by atoms with Crippen LogP contribution in [-0.2, 0) is 17.9 Å². The number of para-hydroxylation sites is 2. The standard InChI is InChI=1S/C21H26BrN3O/c1-2-25-17-6-4-3-5-16(17)24-18(25)12-23-19(26)20-8-14-7-15(9-20)11-21(22,10-14)13-20/h3-6,14-15H,2,7-13H2,1H3,(H,23,26). The van der Waals surface area contributed by atoms with Gasteiger partial charge in [-0.1, -0.05) is 28.1 Å². The van der Waals surface area contributed by atoms with Crippen LogP contribution in [0.25, 0.3) is 11.0 Å². The number of imidazole rings is 1. The van der Waals surface area contributed by atoms with Gasteiger partial charge in [-0.2, -0.15) is 0 Å². The molecule has 2 atom stereocenters. The van der Waals surface area contributed by atoms with E-state index >= 15 is 0 Å². The molecule has 2 unspecified atom stereocenters. The van der Waals surface area contributed by atoms with Crippen molar-refractivity contribution < 1.29 is 4.79 Å². The Hall–Kier alpha value is -1.36. The highest BCUT2D eigenvalue weighted by Crippen LogP contribution is 2.64. The molecule has 0 aliphatic heterocycles. The van der Waals surface area contributed by atoms with Gasteiger partial charge >= 0.3 is 0 Å². The van der Waals surface area contributed by atoms with Crippen LogP contribution in [0.1, 0.15) is 51.3 Å². The molecule has 4 aliphatic carbocycles. The van der Waals surface area contributed by atoms with Gasteiger partial charge in [0, 0.05) is 10.9 Å². The summed E-state index contributed by atoms with van der Waals surface area (Å²) in [4.78, 5) is 18.0. The quantitative estimate of drug-likeness (QED) is 0.751. The Morgan fingerprint density at radius 3 is 2.69 bits per heavy atom. The van der Waals surface area contributed by atoms with Crippen molar-refractivity contribution in [3.05, 3.63) is 30.1 Å². The third-order valence-corrected chi connectivity index (χ3v) is 7.86. The minimum atomic E-state index is -0.156. The van der Waals surface area contributed by atoms with Crippen LogP contribution < -0.4 is 5.32 Å². The van der Waals surface area contributed by atoms with E-state index in [1.54, 1.807) is 0 Å². The van der Waals surface area contributed by atoms with Crippen molar-refractivity contribution in [2.45, 2.75) is 62.9 Å². The summed E-state index contributed by atoms with van der Waals surface area (Å²) < 4.78 is 2.42. The van der Waals surface area contributed by atoms with E-state index in [0.29, 0.717) is 6.54 Å². The molecular weight excluding hydrogens is 390 g/mol. The maximum Gasteiger partial charge on any atom is 0.226 e. The number of nitrogens with one attached hydrogen (secondary N) is 1. The monoisotopic (exact) mass is 415 g/mol. The largest absolute Gasteiger partial charge is 0.348 e. The molecular formula is C21H26BrN3O. The second-order valence-electron chi connectivity index (χ2n) is 8.84. The average Bonchev–Trinajstić information content (AvgIpc) is 2.94. The van der Waals surface area contributed by atoms with E-state index in [0.717, 1.165) is 54.5 Å². The van der Waals surface area contributed by atoms with Gasteiger partial charge in [-0.15, -0.1) is 0 Å². The summed E-state index contributed by atoms with van der Waals surface area (Å²) in [7, 11) is 0. The van der Waals surface area contributed by atoms with Gasteiger partial charge in [-0.3, -0.25) is 4.79 Å². The number of alkyl halides is 1. The number of halogens is 1. The smallest absolute Gasteiger partial charge is 0.226 e. The molecule has 138 valence electrons. The van der Waals surface area contributed by atoms with Crippen LogP contribution >= 0.6 is 15.9 Å². The fraction of sp³-hybridized carbons (Fsp3) is 0.619. The topological polar surface area (TPSA) is 46.9 Å². The molecule has 6 rings (SSSR count). The number of fused-ring (bicyclic) bond motifs is 1. The molecule has 4 fully saturated rings. The minimum absolute atomic E-state index is 0.156. The van der Waals surface area contributed by atoms with Gasteiger partial charge in [0.15, 0.2) is 0 Å². The lowest BCUT2D eigenvalue weighted by atomic mass is 9.49. The first-order valence-corrected chi connectivity index (χ1v) is 10.7. The predicted octanol–water partition coefficient (Wildman–Crippen LogP) is 4.41. The fourth-order valence-electron chi connectivity index (χ4n) is 6.38.